The van der Waals surface area contributed by atoms with Crippen molar-refractivity contribution in [1.82, 2.24) is 4.72 Å². The number of aliphatic hydroxyl groups excluding tert-OH is 1. The van der Waals surface area contributed by atoms with Crippen LogP contribution in [0.5, 0.6) is 0 Å². The minimum absolute atomic E-state index is 0.185. The fourth-order valence-corrected chi connectivity index (χ4v) is 4.42. The lowest BCUT2D eigenvalue weighted by Crippen LogP contribution is -2.24. The zero-order valence-electron chi connectivity index (χ0n) is 11.7. The van der Waals surface area contributed by atoms with Gasteiger partial charge in [-0.05, 0) is 48.7 Å². The van der Waals surface area contributed by atoms with Gasteiger partial charge < -0.3 is 5.11 Å². The van der Waals surface area contributed by atoms with Crippen molar-refractivity contribution in [3.8, 4) is 0 Å². The van der Waals surface area contributed by atoms with Crippen LogP contribution in [0.3, 0.4) is 0 Å². The summed E-state index contributed by atoms with van der Waals surface area (Å²) in [4.78, 5) is 1.04. The smallest absolute Gasteiger partial charge is 0.241 e. The summed E-state index contributed by atoms with van der Waals surface area (Å²) in [5.41, 5.74) is 2.14. The lowest BCUT2D eigenvalue weighted by atomic mass is 10.1. The van der Waals surface area contributed by atoms with Crippen LogP contribution < -0.4 is 4.72 Å². The summed E-state index contributed by atoms with van der Waals surface area (Å²) in [6, 6.07) is 6.81. The number of aryl methyl sites for hydroxylation is 2. The molecular formula is C14H16ClNO3S2. The van der Waals surface area contributed by atoms with Gasteiger partial charge in [-0.3, -0.25) is 0 Å². The van der Waals surface area contributed by atoms with Gasteiger partial charge in [0, 0.05) is 11.4 Å². The fraction of sp³-hybridized carbons (Fsp3) is 0.286. The number of benzene rings is 1. The minimum atomic E-state index is -3.63. The molecule has 2 rings (SSSR count). The molecule has 0 aliphatic heterocycles. The average molecular weight is 346 g/mol. The molecule has 0 aliphatic rings. The maximum Gasteiger partial charge on any atom is 0.241 e. The third kappa shape index (κ3) is 3.84. The van der Waals surface area contributed by atoms with Crippen LogP contribution in [-0.2, 0) is 23.2 Å². The molecule has 0 fully saturated rings. The maximum atomic E-state index is 12.4. The molecule has 2 N–H and O–H groups in total. The summed E-state index contributed by atoms with van der Waals surface area (Å²) in [7, 11) is -3.63. The predicted molar refractivity (Wildman–Crippen MR) is 85.2 cm³/mol. The molecule has 0 saturated carbocycles. The number of sulfonamides is 1. The molecule has 0 atom stereocenters. The van der Waals surface area contributed by atoms with Crippen molar-refractivity contribution in [2.24, 2.45) is 0 Å². The first-order valence-electron chi connectivity index (χ1n) is 6.28. The van der Waals surface area contributed by atoms with E-state index in [9.17, 15) is 13.5 Å². The summed E-state index contributed by atoms with van der Waals surface area (Å²) in [5.74, 6) is 0. The number of nitrogens with one attached hydrogen (secondary N) is 1. The highest BCUT2D eigenvalue weighted by molar-refractivity contribution is 7.89. The molecule has 0 aliphatic carbocycles. The lowest BCUT2D eigenvalue weighted by Gasteiger charge is -2.12. The number of hydrogen-bond donors (Lipinski definition) is 2. The number of hydrogen-bond acceptors (Lipinski definition) is 4. The molecule has 1 heterocycles. The SMILES string of the molecule is Cc1cc(C)c(S(=O)(=O)NCc2ccc(Cl)s2)cc1CO. The zero-order valence-corrected chi connectivity index (χ0v) is 14.1. The van der Waals surface area contributed by atoms with Crippen LogP contribution in [0.25, 0.3) is 0 Å². The lowest BCUT2D eigenvalue weighted by molar-refractivity contribution is 0.280. The second-order valence-corrected chi connectivity index (χ2v) is 8.27. The van der Waals surface area contributed by atoms with Gasteiger partial charge in [-0.15, -0.1) is 11.3 Å². The Morgan fingerprint density at radius 1 is 1.24 bits per heavy atom. The first-order valence-corrected chi connectivity index (χ1v) is 8.96. The number of aliphatic hydroxyl groups is 1. The van der Waals surface area contributed by atoms with E-state index in [0.29, 0.717) is 15.5 Å². The molecule has 1 aromatic heterocycles. The number of halogens is 1. The molecule has 7 heteroatoms. The van der Waals surface area contributed by atoms with Crippen molar-refractivity contribution in [2.45, 2.75) is 31.9 Å². The molecule has 114 valence electrons. The predicted octanol–water partition coefficient (Wildman–Crippen LogP) is 2.99. The Morgan fingerprint density at radius 2 is 1.95 bits per heavy atom. The first kappa shape index (κ1) is 16.5. The molecule has 0 spiro atoms. The number of thiophene rings is 1. The van der Waals surface area contributed by atoms with Gasteiger partial charge >= 0.3 is 0 Å². The van der Waals surface area contributed by atoms with E-state index in [2.05, 4.69) is 4.72 Å². The highest BCUT2D eigenvalue weighted by Gasteiger charge is 2.18. The van der Waals surface area contributed by atoms with Crippen LogP contribution in [-0.4, -0.2) is 13.5 Å². The third-order valence-electron chi connectivity index (χ3n) is 3.16. The number of rotatable bonds is 5. The van der Waals surface area contributed by atoms with Crippen molar-refractivity contribution in [3.05, 3.63) is 50.2 Å². The molecule has 21 heavy (non-hydrogen) atoms. The van der Waals surface area contributed by atoms with Gasteiger partial charge in [0.1, 0.15) is 0 Å². The zero-order chi connectivity index (χ0) is 15.6. The fourth-order valence-electron chi connectivity index (χ4n) is 2.03. The van der Waals surface area contributed by atoms with Crippen molar-refractivity contribution < 1.29 is 13.5 Å². The van der Waals surface area contributed by atoms with Gasteiger partial charge in [0.2, 0.25) is 10.0 Å². The van der Waals surface area contributed by atoms with Crippen LogP contribution in [0.15, 0.2) is 29.2 Å². The van der Waals surface area contributed by atoms with E-state index in [-0.39, 0.29) is 18.0 Å². The van der Waals surface area contributed by atoms with E-state index < -0.39 is 10.0 Å². The molecule has 1 aromatic carbocycles. The first-order chi connectivity index (χ1) is 9.83. The normalized spacial score (nSPS) is 11.8. The van der Waals surface area contributed by atoms with E-state index in [1.807, 2.05) is 6.92 Å². The van der Waals surface area contributed by atoms with E-state index >= 15 is 0 Å². The Labute approximate surface area is 133 Å². The highest BCUT2D eigenvalue weighted by atomic mass is 35.5. The van der Waals surface area contributed by atoms with Crippen molar-refractivity contribution in [1.29, 1.82) is 0 Å². The van der Waals surface area contributed by atoms with Gasteiger partial charge in [0.05, 0.1) is 15.8 Å². The molecule has 4 nitrogen and oxygen atoms in total. The van der Waals surface area contributed by atoms with E-state index in [1.54, 1.807) is 25.1 Å². The molecule has 2 aromatic rings. The topological polar surface area (TPSA) is 66.4 Å². The molecule has 0 radical (unpaired) electrons. The van der Waals surface area contributed by atoms with Gasteiger partial charge in [-0.2, -0.15) is 0 Å². The summed E-state index contributed by atoms with van der Waals surface area (Å²) in [6.45, 7) is 3.59. The van der Waals surface area contributed by atoms with Crippen LogP contribution >= 0.6 is 22.9 Å². The molecule has 0 unspecified atom stereocenters. The van der Waals surface area contributed by atoms with Gasteiger partial charge in [-0.25, -0.2) is 13.1 Å². The largest absolute Gasteiger partial charge is 0.392 e. The summed E-state index contributed by atoms with van der Waals surface area (Å²) >= 11 is 7.16. The second-order valence-electron chi connectivity index (χ2n) is 4.73. The van der Waals surface area contributed by atoms with Crippen LogP contribution in [0, 0.1) is 13.8 Å². The highest BCUT2D eigenvalue weighted by Crippen LogP contribution is 2.23. The Bertz CT molecular complexity index is 754. The minimum Gasteiger partial charge on any atom is -0.392 e. The van der Waals surface area contributed by atoms with Crippen LogP contribution in [0.4, 0.5) is 0 Å². The Morgan fingerprint density at radius 3 is 2.52 bits per heavy atom. The summed E-state index contributed by atoms with van der Waals surface area (Å²) in [6.07, 6.45) is 0. The monoisotopic (exact) mass is 345 g/mol. The quantitative estimate of drug-likeness (QED) is 0.875. The second kappa shape index (κ2) is 6.46. The van der Waals surface area contributed by atoms with Gasteiger partial charge in [0.15, 0.2) is 0 Å². The summed E-state index contributed by atoms with van der Waals surface area (Å²) < 4.78 is 28.0. The molecule has 0 saturated heterocycles. The van der Waals surface area contributed by atoms with E-state index in [4.69, 9.17) is 11.6 Å². The van der Waals surface area contributed by atoms with Gasteiger partial charge in [-0.1, -0.05) is 17.7 Å². The van der Waals surface area contributed by atoms with Gasteiger partial charge in [0.25, 0.3) is 0 Å². The van der Waals surface area contributed by atoms with E-state index in [0.717, 1.165) is 10.4 Å². The summed E-state index contributed by atoms with van der Waals surface area (Å²) in [5, 5.41) is 9.28. The van der Waals surface area contributed by atoms with Crippen LogP contribution in [0.2, 0.25) is 4.34 Å². The molecule has 0 bridgehead atoms. The van der Waals surface area contributed by atoms with Crippen molar-refractivity contribution in [3.63, 3.8) is 0 Å². The standard InChI is InChI=1S/C14H16ClNO3S2/c1-9-5-10(2)13(6-11(9)8-17)21(18,19)16-7-12-3-4-14(15)20-12/h3-6,16-17H,7-8H2,1-2H3. The van der Waals surface area contributed by atoms with Crippen LogP contribution in [0.1, 0.15) is 21.6 Å². The van der Waals surface area contributed by atoms with E-state index in [1.165, 1.54) is 17.4 Å². The Hall–Kier alpha value is -0.920. The maximum absolute atomic E-state index is 12.4. The molecular weight excluding hydrogens is 330 g/mol. The average Bonchev–Trinajstić information content (AvgIpc) is 2.82. The molecule has 0 amide bonds. The Kier molecular flexibility index (Phi) is 5.06. The third-order valence-corrected chi connectivity index (χ3v) is 5.93. The van der Waals surface area contributed by atoms with Crippen molar-refractivity contribution >= 4 is 33.0 Å². The van der Waals surface area contributed by atoms with Crippen molar-refractivity contribution in [2.75, 3.05) is 0 Å². The Balaban J connectivity index is 2.27.